The summed E-state index contributed by atoms with van der Waals surface area (Å²) in [6.07, 6.45) is 2.14. The Labute approximate surface area is 141 Å². The summed E-state index contributed by atoms with van der Waals surface area (Å²) in [5, 5.41) is 3.76. The number of fused-ring (bicyclic) bond motifs is 5. The van der Waals surface area contributed by atoms with E-state index >= 15 is 0 Å². The Balaban J connectivity index is 1.94. The Bertz CT molecular complexity index is 1170. The van der Waals surface area contributed by atoms with E-state index in [4.69, 9.17) is 0 Å². The van der Waals surface area contributed by atoms with Crippen molar-refractivity contribution in [1.29, 1.82) is 0 Å². The third-order valence-electron chi connectivity index (χ3n) is 4.44. The maximum Gasteiger partial charge on any atom is 0.0571 e. The number of hydrogen-bond acceptors (Lipinski definition) is 0. The zero-order chi connectivity index (χ0) is 15.4. The van der Waals surface area contributed by atoms with Crippen molar-refractivity contribution in [3.63, 3.8) is 0 Å². The number of halogens is 1. The molecule has 0 atom stereocenters. The van der Waals surface area contributed by atoms with Gasteiger partial charge in [-0.3, -0.25) is 0 Å². The molecule has 2 nitrogen and oxygen atoms in total. The lowest BCUT2D eigenvalue weighted by Gasteiger charge is -2.05. The molecule has 0 fully saturated rings. The van der Waals surface area contributed by atoms with E-state index in [2.05, 4.69) is 92.3 Å². The molecule has 5 aromatic rings. The molecule has 110 valence electrons. The van der Waals surface area contributed by atoms with Crippen LogP contribution in [0.25, 0.3) is 38.4 Å². The van der Waals surface area contributed by atoms with Gasteiger partial charge in [0.05, 0.1) is 11.0 Å². The number of nitrogens with zero attached hydrogens (tertiary/aromatic N) is 1. The smallest absolute Gasteiger partial charge is 0.0571 e. The molecule has 2 aromatic heterocycles. The molecular weight excluding hydrogens is 348 g/mol. The summed E-state index contributed by atoms with van der Waals surface area (Å²) in [6.45, 7) is 0. The van der Waals surface area contributed by atoms with Crippen molar-refractivity contribution in [1.82, 2.24) is 9.55 Å². The third-order valence-corrected chi connectivity index (χ3v) is 5.04. The highest BCUT2D eigenvalue weighted by Crippen LogP contribution is 2.37. The van der Waals surface area contributed by atoms with Gasteiger partial charge < -0.3 is 9.55 Å². The van der Waals surface area contributed by atoms with Crippen LogP contribution >= 0.6 is 15.9 Å². The molecule has 0 aliphatic heterocycles. The fraction of sp³-hybridized carbons (Fsp3) is 0. The summed E-state index contributed by atoms with van der Waals surface area (Å²) in [6, 6.07) is 23.3. The molecule has 0 bridgehead atoms. The van der Waals surface area contributed by atoms with E-state index in [0.717, 1.165) is 4.47 Å². The highest BCUT2D eigenvalue weighted by molar-refractivity contribution is 9.10. The van der Waals surface area contributed by atoms with Gasteiger partial charge in [0.2, 0.25) is 0 Å². The van der Waals surface area contributed by atoms with Crippen molar-refractivity contribution in [3.8, 4) is 5.69 Å². The van der Waals surface area contributed by atoms with E-state index in [1.54, 1.807) is 0 Å². The molecule has 0 amide bonds. The first-order valence-electron chi connectivity index (χ1n) is 7.58. The van der Waals surface area contributed by atoms with Crippen LogP contribution in [0.3, 0.4) is 0 Å². The van der Waals surface area contributed by atoms with Crippen LogP contribution < -0.4 is 0 Å². The van der Waals surface area contributed by atoms with Gasteiger partial charge in [0.15, 0.2) is 0 Å². The summed E-state index contributed by atoms with van der Waals surface area (Å²) in [4.78, 5) is 3.58. The van der Waals surface area contributed by atoms with Crippen LogP contribution in [-0.2, 0) is 0 Å². The van der Waals surface area contributed by atoms with E-state index in [9.17, 15) is 0 Å². The van der Waals surface area contributed by atoms with Crippen LogP contribution in [0.2, 0.25) is 0 Å². The van der Waals surface area contributed by atoms with Gasteiger partial charge in [0, 0.05) is 38.0 Å². The van der Waals surface area contributed by atoms with Crippen molar-refractivity contribution < 1.29 is 0 Å². The van der Waals surface area contributed by atoms with Gasteiger partial charge in [-0.2, -0.15) is 0 Å². The third kappa shape index (κ3) is 1.80. The summed E-state index contributed by atoms with van der Waals surface area (Å²) >= 11 is 3.75. The van der Waals surface area contributed by atoms with Gasteiger partial charge in [-0.25, -0.2) is 0 Å². The number of H-pyrrole nitrogens is 1. The second-order valence-electron chi connectivity index (χ2n) is 5.74. The van der Waals surface area contributed by atoms with Crippen molar-refractivity contribution in [2.24, 2.45) is 0 Å². The quantitative estimate of drug-likeness (QED) is 0.376. The molecule has 0 saturated heterocycles. The number of nitrogens with one attached hydrogen (secondary N) is 1. The standard InChI is InChI=1S/C20H13BrN2/c21-16-12-23(13-6-2-1-3-7-13)18-11-10-15-14-8-4-5-9-17(14)22-20(15)19(16)18/h1-12,22H. The Morgan fingerprint density at radius 1 is 0.783 bits per heavy atom. The minimum atomic E-state index is 1.11. The molecule has 0 saturated carbocycles. The fourth-order valence-corrected chi connectivity index (χ4v) is 4.01. The van der Waals surface area contributed by atoms with E-state index in [1.165, 1.54) is 38.4 Å². The van der Waals surface area contributed by atoms with Crippen molar-refractivity contribution in [2.45, 2.75) is 0 Å². The van der Waals surface area contributed by atoms with Crippen molar-refractivity contribution in [2.75, 3.05) is 0 Å². The minimum Gasteiger partial charge on any atom is -0.354 e. The van der Waals surface area contributed by atoms with E-state index < -0.39 is 0 Å². The monoisotopic (exact) mass is 360 g/mol. The first-order chi connectivity index (χ1) is 11.3. The van der Waals surface area contributed by atoms with Gasteiger partial charge in [-0.15, -0.1) is 0 Å². The van der Waals surface area contributed by atoms with Crippen molar-refractivity contribution >= 4 is 48.6 Å². The number of benzene rings is 3. The molecule has 0 aliphatic rings. The van der Waals surface area contributed by atoms with Crippen LogP contribution in [0, 0.1) is 0 Å². The highest BCUT2D eigenvalue weighted by atomic mass is 79.9. The average Bonchev–Trinajstić information content (AvgIpc) is 3.13. The largest absolute Gasteiger partial charge is 0.354 e. The summed E-state index contributed by atoms with van der Waals surface area (Å²) < 4.78 is 3.33. The molecule has 3 aromatic carbocycles. The van der Waals surface area contributed by atoms with Crippen LogP contribution in [0.4, 0.5) is 0 Å². The minimum absolute atomic E-state index is 1.11. The van der Waals surface area contributed by atoms with E-state index in [1.807, 2.05) is 6.07 Å². The molecule has 5 rings (SSSR count). The first kappa shape index (κ1) is 13.0. The molecule has 0 radical (unpaired) electrons. The summed E-state index contributed by atoms with van der Waals surface area (Å²) in [5.41, 5.74) is 4.72. The lowest BCUT2D eigenvalue weighted by molar-refractivity contribution is 1.12. The Morgan fingerprint density at radius 2 is 1.57 bits per heavy atom. The molecule has 2 heterocycles. The van der Waals surface area contributed by atoms with Gasteiger partial charge in [0.25, 0.3) is 0 Å². The Morgan fingerprint density at radius 3 is 2.43 bits per heavy atom. The molecule has 0 unspecified atom stereocenters. The number of para-hydroxylation sites is 2. The SMILES string of the molecule is Brc1cn(-c2ccccc2)c2ccc3c4ccccc4[nH]c3c12. The molecule has 23 heavy (non-hydrogen) atoms. The molecular formula is C20H13BrN2. The molecule has 0 spiro atoms. The van der Waals surface area contributed by atoms with Crippen LogP contribution in [0.5, 0.6) is 0 Å². The Kier molecular flexibility index (Phi) is 2.67. The lowest BCUT2D eigenvalue weighted by atomic mass is 10.1. The molecule has 1 N–H and O–H groups in total. The zero-order valence-electron chi connectivity index (χ0n) is 12.3. The predicted octanol–water partition coefficient (Wildman–Crippen LogP) is 6.03. The zero-order valence-corrected chi connectivity index (χ0v) is 13.8. The van der Waals surface area contributed by atoms with Gasteiger partial charge in [-0.05, 0) is 40.2 Å². The number of rotatable bonds is 1. The Hall–Kier alpha value is -2.52. The maximum absolute atomic E-state index is 3.75. The van der Waals surface area contributed by atoms with Crippen LogP contribution in [-0.4, -0.2) is 9.55 Å². The normalized spacial score (nSPS) is 11.7. The van der Waals surface area contributed by atoms with Gasteiger partial charge in [0.1, 0.15) is 0 Å². The summed E-state index contributed by atoms with van der Waals surface area (Å²) in [7, 11) is 0. The summed E-state index contributed by atoms with van der Waals surface area (Å²) in [5.74, 6) is 0. The van der Waals surface area contributed by atoms with E-state index in [-0.39, 0.29) is 0 Å². The first-order valence-corrected chi connectivity index (χ1v) is 8.37. The topological polar surface area (TPSA) is 20.7 Å². The number of hydrogen-bond donors (Lipinski definition) is 1. The van der Waals surface area contributed by atoms with Crippen LogP contribution in [0.15, 0.2) is 77.4 Å². The van der Waals surface area contributed by atoms with Gasteiger partial charge >= 0.3 is 0 Å². The fourth-order valence-electron chi connectivity index (χ4n) is 3.40. The molecule has 0 aliphatic carbocycles. The average molecular weight is 361 g/mol. The molecule has 3 heteroatoms. The highest BCUT2D eigenvalue weighted by Gasteiger charge is 2.14. The number of aromatic amines is 1. The predicted molar refractivity (Wildman–Crippen MR) is 100 cm³/mol. The van der Waals surface area contributed by atoms with Crippen molar-refractivity contribution in [3.05, 3.63) is 77.4 Å². The number of aromatic nitrogens is 2. The van der Waals surface area contributed by atoms with Gasteiger partial charge in [-0.1, -0.05) is 42.5 Å². The van der Waals surface area contributed by atoms with E-state index in [0.29, 0.717) is 0 Å². The second-order valence-corrected chi connectivity index (χ2v) is 6.59. The maximum atomic E-state index is 3.75. The van der Waals surface area contributed by atoms with Crippen LogP contribution in [0.1, 0.15) is 0 Å². The lowest BCUT2D eigenvalue weighted by Crippen LogP contribution is -1.90. The second kappa shape index (κ2) is 4.74.